The van der Waals surface area contributed by atoms with Gasteiger partial charge in [0.15, 0.2) is 0 Å². The summed E-state index contributed by atoms with van der Waals surface area (Å²) in [5.74, 6) is 0.306. The molecule has 2 rings (SSSR count). The third-order valence-electron chi connectivity index (χ3n) is 3.00. The Labute approximate surface area is 123 Å². The summed E-state index contributed by atoms with van der Waals surface area (Å²) in [7, 11) is 0. The number of piperazine rings is 1. The van der Waals surface area contributed by atoms with E-state index in [-0.39, 0.29) is 5.97 Å². The molecule has 1 atom stereocenters. The van der Waals surface area contributed by atoms with Gasteiger partial charge in [0.25, 0.3) is 0 Å². The molecule has 0 saturated carbocycles. The van der Waals surface area contributed by atoms with Crippen LogP contribution in [0.5, 0.6) is 5.75 Å². The summed E-state index contributed by atoms with van der Waals surface area (Å²) in [6.45, 7) is 6.67. The minimum absolute atomic E-state index is 0.366. The molecule has 5 nitrogen and oxygen atoms in total. The lowest BCUT2D eigenvalue weighted by Gasteiger charge is -2.31. The molecule has 20 heavy (non-hydrogen) atoms. The van der Waals surface area contributed by atoms with Crippen LogP contribution < -0.4 is 15.0 Å². The molecule has 110 valence electrons. The molecule has 0 aliphatic carbocycles. The summed E-state index contributed by atoms with van der Waals surface area (Å²) in [4.78, 5) is 13.1. The Balaban J connectivity index is 2.16. The first-order valence-corrected chi connectivity index (χ1v) is 7.03. The van der Waals surface area contributed by atoms with Gasteiger partial charge < -0.3 is 19.7 Å². The number of carbonyl (C=O) groups excluding carboxylic acids is 1. The van der Waals surface area contributed by atoms with E-state index in [9.17, 15) is 4.79 Å². The molecular formula is C14H19ClN2O3. The average Bonchev–Trinajstić information content (AvgIpc) is 2.41. The fourth-order valence-corrected chi connectivity index (χ4v) is 2.35. The predicted octanol–water partition coefficient (Wildman–Crippen LogP) is 2.04. The van der Waals surface area contributed by atoms with E-state index in [4.69, 9.17) is 21.1 Å². The fourth-order valence-electron chi connectivity index (χ4n) is 2.18. The van der Waals surface area contributed by atoms with Gasteiger partial charge in [0.1, 0.15) is 5.75 Å². The molecule has 1 aliphatic heterocycles. The van der Waals surface area contributed by atoms with Crippen molar-refractivity contribution in [1.29, 1.82) is 0 Å². The van der Waals surface area contributed by atoms with Crippen molar-refractivity contribution in [1.82, 2.24) is 5.32 Å². The van der Waals surface area contributed by atoms with Crippen LogP contribution in [0.4, 0.5) is 5.69 Å². The van der Waals surface area contributed by atoms with E-state index in [2.05, 4.69) is 10.2 Å². The van der Waals surface area contributed by atoms with Gasteiger partial charge in [-0.15, -0.1) is 0 Å². The smallest absolute Gasteiger partial charge is 0.305 e. The Morgan fingerprint density at radius 3 is 2.75 bits per heavy atom. The number of benzene rings is 1. The SMILES string of the molecule is CC(=O)OC(C)Oc1ccc(Cl)cc1N1CCNCC1. The third kappa shape index (κ3) is 4.02. The van der Waals surface area contributed by atoms with E-state index in [1.165, 1.54) is 6.92 Å². The molecule has 1 aliphatic rings. The largest absolute Gasteiger partial charge is 0.453 e. The second-order valence-corrected chi connectivity index (χ2v) is 5.08. The lowest BCUT2D eigenvalue weighted by Crippen LogP contribution is -2.43. The maximum atomic E-state index is 10.9. The molecule has 1 N–H and O–H groups in total. The first-order chi connectivity index (χ1) is 9.56. The Bertz CT molecular complexity index is 475. The van der Waals surface area contributed by atoms with Gasteiger partial charge in [-0.3, -0.25) is 4.79 Å². The molecule has 0 aromatic heterocycles. The van der Waals surface area contributed by atoms with Crippen LogP contribution in [0.25, 0.3) is 0 Å². The van der Waals surface area contributed by atoms with Crippen LogP contribution in [0.15, 0.2) is 18.2 Å². The normalized spacial score (nSPS) is 16.6. The highest BCUT2D eigenvalue weighted by Gasteiger charge is 2.17. The van der Waals surface area contributed by atoms with Crippen molar-refractivity contribution in [2.24, 2.45) is 0 Å². The van der Waals surface area contributed by atoms with Crippen LogP contribution in [0.3, 0.4) is 0 Å². The van der Waals surface area contributed by atoms with E-state index in [1.54, 1.807) is 19.1 Å². The summed E-state index contributed by atoms with van der Waals surface area (Å²) in [5, 5.41) is 3.96. The number of rotatable bonds is 4. The summed E-state index contributed by atoms with van der Waals surface area (Å²) < 4.78 is 10.7. The van der Waals surface area contributed by atoms with E-state index in [1.807, 2.05) is 6.07 Å². The molecule has 1 aromatic rings. The quantitative estimate of drug-likeness (QED) is 0.681. The minimum Gasteiger partial charge on any atom is -0.453 e. The third-order valence-corrected chi connectivity index (χ3v) is 3.24. The fraction of sp³-hybridized carbons (Fsp3) is 0.500. The van der Waals surface area contributed by atoms with E-state index < -0.39 is 6.29 Å². The van der Waals surface area contributed by atoms with E-state index in [0.29, 0.717) is 10.8 Å². The highest BCUT2D eigenvalue weighted by atomic mass is 35.5. The molecular weight excluding hydrogens is 280 g/mol. The Morgan fingerprint density at radius 2 is 2.10 bits per heavy atom. The Hall–Kier alpha value is -1.46. The molecule has 0 spiro atoms. The monoisotopic (exact) mass is 298 g/mol. The first kappa shape index (κ1) is 14.9. The standard InChI is InChI=1S/C14H19ClN2O3/c1-10(18)19-11(2)20-14-4-3-12(15)9-13(14)17-7-5-16-6-8-17/h3-4,9,11,16H,5-8H2,1-2H3. The van der Waals surface area contributed by atoms with E-state index in [0.717, 1.165) is 31.9 Å². The topological polar surface area (TPSA) is 50.8 Å². The van der Waals surface area contributed by atoms with Gasteiger partial charge in [0, 0.05) is 45.0 Å². The van der Waals surface area contributed by atoms with Crippen molar-refractivity contribution in [2.45, 2.75) is 20.1 Å². The highest BCUT2D eigenvalue weighted by molar-refractivity contribution is 6.30. The number of hydrogen-bond acceptors (Lipinski definition) is 5. The molecule has 0 radical (unpaired) electrons. The van der Waals surface area contributed by atoms with Crippen molar-refractivity contribution >= 4 is 23.3 Å². The van der Waals surface area contributed by atoms with Crippen molar-refractivity contribution in [3.05, 3.63) is 23.2 Å². The van der Waals surface area contributed by atoms with Gasteiger partial charge >= 0.3 is 5.97 Å². The maximum Gasteiger partial charge on any atom is 0.305 e. The molecule has 1 unspecified atom stereocenters. The van der Waals surface area contributed by atoms with Crippen LogP contribution >= 0.6 is 11.6 Å². The van der Waals surface area contributed by atoms with Crippen LogP contribution in [0.1, 0.15) is 13.8 Å². The lowest BCUT2D eigenvalue weighted by molar-refractivity contribution is -0.158. The molecule has 1 fully saturated rings. The summed E-state index contributed by atoms with van der Waals surface area (Å²) in [6, 6.07) is 5.45. The van der Waals surface area contributed by atoms with Crippen molar-refractivity contribution in [2.75, 3.05) is 31.1 Å². The zero-order valence-electron chi connectivity index (χ0n) is 11.7. The predicted molar refractivity (Wildman–Crippen MR) is 78.4 cm³/mol. The molecule has 1 heterocycles. The Morgan fingerprint density at radius 1 is 1.40 bits per heavy atom. The summed E-state index contributed by atoms with van der Waals surface area (Å²) in [5.41, 5.74) is 0.929. The number of carbonyl (C=O) groups is 1. The summed E-state index contributed by atoms with van der Waals surface area (Å²) in [6.07, 6.45) is -0.629. The van der Waals surface area contributed by atoms with Gasteiger partial charge in [-0.25, -0.2) is 0 Å². The van der Waals surface area contributed by atoms with Crippen molar-refractivity contribution in [3.63, 3.8) is 0 Å². The number of anilines is 1. The average molecular weight is 299 g/mol. The number of esters is 1. The zero-order chi connectivity index (χ0) is 14.5. The van der Waals surface area contributed by atoms with Crippen LogP contribution in [-0.4, -0.2) is 38.4 Å². The van der Waals surface area contributed by atoms with Crippen molar-refractivity contribution in [3.8, 4) is 5.75 Å². The van der Waals surface area contributed by atoms with Gasteiger partial charge in [-0.05, 0) is 18.2 Å². The van der Waals surface area contributed by atoms with Crippen LogP contribution in [0.2, 0.25) is 5.02 Å². The first-order valence-electron chi connectivity index (χ1n) is 6.65. The number of hydrogen-bond donors (Lipinski definition) is 1. The van der Waals surface area contributed by atoms with Gasteiger partial charge in [-0.2, -0.15) is 0 Å². The maximum absolute atomic E-state index is 10.9. The highest BCUT2D eigenvalue weighted by Crippen LogP contribution is 2.32. The van der Waals surface area contributed by atoms with Gasteiger partial charge in [-0.1, -0.05) is 11.6 Å². The van der Waals surface area contributed by atoms with E-state index >= 15 is 0 Å². The molecule has 1 saturated heterocycles. The number of halogens is 1. The Kier molecular flexibility index (Phi) is 5.09. The molecule has 0 amide bonds. The number of nitrogens with one attached hydrogen (secondary N) is 1. The molecule has 1 aromatic carbocycles. The van der Waals surface area contributed by atoms with Gasteiger partial charge in [0.2, 0.25) is 6.29 Å². The number of ether oxygens (including phenoxy) is 2. The van der Waals surface area contributed by atoms with Crippen LogP contribution in [0, 0.1) is 0 Å². The molecule has 6 heteroatoms. The second kappa shape index (κ2) is 6.81. The number of nitrogens with zero attached hydrogens (tertiary/aromatic N) is 1. The van der Waals surface area contributed by atoms with Gasteiger partial charge in [0.05, 0.1) is 5.69 Å². The molecule has 0 bridgehead atoms. The van der Waals surface area contributed by atoms with Crippen LogP contribution in [-0.2, 0) is 9.53 Å². The zero-order valence-corrected chi connectivity index (χ0v) is 12.4. The lowest BCUT2D eigenvalue weighted by atomic mass is 10.2. The minimum atomic E-state index is -0.629. The summed E-state index contributed by atoms with van der Waals surface area (Å²) >= 11 is 6.07. The van der Waals surface area contributed by atoms with Crippen molar-refractivity contribution < 1.29 is 14.3 Å². The second-order valence-electron chi connectivity index (χ2n) is 4.64.